The highest BCUT2D eigenvalue weighted by Gasteiger charge is 2.02. The van der Waals surface area contributed by atoms with Crippen molar-refractivity contribution in [1.82, 2.24) is 9.78 Å². The summed E-state index contributed by atoms with van der Waals surface area (Å²) in [5.41, 5.74) is 2.37. The van der Waals surface area contributed by atoms with Crippen LogP contribution in [0.1, 0.15) is 19.8 Å². The molecule has 0 aliphatic carbocycles. The van der Waals surface area contributed by atoms with Gasteiger partial charge in [-0.05, 0) is 42.8 Å². The van der Waals surface area contributed by atoms with Gasteiger partial charge in [0.25, 0.3) is 0 Å². The van der Waals surface area contributed by atoms with Crippen LogP contribution in [0.15, 0.2) is 36.4 Å². The molecule has 1 heterocycles. The van der Waals surface area contributed by atoms with Crippen LogP contribution in [0.25, 0.3) is 11.3 Å². The molecule has 0 atom stereocenters. The minimum absolute atomic E-state index is 0. The minimum Gasteiger partial charge on any atom is -0.497 e. The van der Waals surface area contributed by atoms with E-state index in [9.17, 15) is 0 Å². The van der Waals surface area contributed by atoms with Crippen LogP contribution < -0.4 is 10.2 Å². The number of benzene rings is 1. The van der Waals surface area contributed by atoms with Gasteiger partial charge in [0.2, 0.25) is 0 Å². The van der Waals surface area contributed by atoms with Crippen LogP contribution in [0.5, 0.6) is 5.75 Å². The Bertz CT molecular complexity index is 593. The summed E-state index contributed by atoms with van der Waals surface area (Å²) in [6.45, 7) is 2.93. The second-order valence-electron chi connectivity index (χ2n) is 4.41. The van der Waals surface area contributed by atoms with E-state index in [0.717, 1.165) is 36.4 Å². The second-order valence-corrected chi connectivity index (χ2v) is 4.41. The van der Waals surface area contributed by atoms with Crippen LogP contribution in [0.4, 0.5) is 0 Å². The molecule has 4 nitrogen and oxygen atoms in total. The number of hydrogen-bond acceptors (Lipinski definition) is 3. The Balaban J connectivity index is 0.00000200. The summed E-state index contributed by atoms with van der Waals surface area (Å²) in [7, 11) is 1.65. The van der Waals surface area contributed by atoms with E-state index >= 15 is 0 Å². The topological polar surface area (TPSA) is 50.9 Å². The van der Waals surface area contributed by atoms with E-state index in [1.807, 2.05) is 30.3 Å². The van der Waals surface area contributed by atoms with Crippen LogP contribution in [0, 0.1) is 5.41 Å². The lowest BCUT2D eigenvalue weighted by Crippen LogP contribution is -2.22. The number of halogens is 1. The molecule has 1 aromatic heterocycles. The first kappa shape index (κ1) is 16.4. The predicted molar refractivity (Wildman–Crippen MR) is 85.3 cm³/mol. The largest absolute Gasteiger partial charge is 0.497 e. The lowest BCUT2D eigenvalue weighted by molar-refractivity contribution is 0.415. The summed E-state index contributed by atoms with van der Waals surface area (Å²) in [5, 5.41) is 12.4. The van der Waals surface area contributed by atoms with Crippen molar-refractivity contribution in [3.05, 3.63) is 41.9 Å². The Morgan fingerprint density at radius 3 is 2.45 bits per heavy atom. The SMILES string of the molecule is Br.CCCCn1nc(-c2ccc(OC)cc2)ccc1=N. The number of methoxy groups -OCH3 is 1. The van der Waals surface area contributed by atoms with Crippen molar-refractivity contribution in [2.24, 2.45) is 0 Å². The van der Waals surface area contributed by atoms with Crippen molar-refractivity contribution in [1.29, 1.82) is 5.41 Å². The molecule has 5 heteroatoms. The van der Waals surface area contributed by atoms with E-state index in [2.05, 4.69) is 12.0 Å². The number of aromatic nitrogens is 2. The molecule has 0 saturated carbocycles. The van der Waals surface area contributed by atoms with Crippen molar-refractivity contribution in [2.45, 2.75) is 26.3 Å². The molecule has 0 saturated heterocycles. The van der Waals surface area contributed by atoms with Crippen LogP contribution >= 0.6 is 17.0 Å². The summed E-state index contributed by atoms with van der Waals surface area (Å²) < 4.78 is 6.90. The minimum atomic E-state index is 0. The zero-order valence-electron chi connectivity index (χ0n) is 11.8. The highest BCUT2D eigenvalue weighted by Crippen LogP contribution is 2.19. The molecule has 2 aromatic rings. The molecule has 0 bridgehead atoms. The third-order valence-corrected chi connectivity index (χ3v) is 3.01. The van der Waals surface area contributed by atoms with Crippen LogP contribution in [-0.4, -0.2) is 16.9 Å². The van der Waals surface area contributed by atoms with Crippen molar-refractivity contribution < 1.29 is 4.74 Å². The molecule has 2 rings (SSSR count). The molecular weight excluding hydrogens is 318 g/mol. The first-order valence-corrected chi connectivity index (χ1v) is 6.51. The zero-order valence-corrected chi connectivity index (χ0v) is 13.5. The fourth-order valence-electron chi connectivity index (χ4n) is 1.86. The van der Waals surface area contributed by atoms with Gasteiger partial charge in [0, 0.05) is 12.1 Å². The molecule has 0 aliphatic heterocycles. The third-order valence-electron chi connectivity index (χ3n) is 3.01. The van der Waals surface area contributed by atoms with Gasteiger partial charge in [-0.2, -0.15) is 5.10 Å². The van der Waals surface area contributed by atoms with Gasteiger partial charge in [0.05, 0.1) is 12.8 Å². The molecule has 1 N–H and O–H groups in total. The molecule has 0 radical (unpaired) electrons. The van der Waals surface area contributed by atoms with E-state index in [-0.39, 0.29) is 17.0 Å². The van der Waals surface area contributed by atoms with Crippen molar-refractivity contribution >= 4 is 17.0 Å². The molecule has 0 aliphatic rings. The quantitative estimate of drug-likeness (QED) is 0.908. The molecular formula is C15H20BrN3O. The summed E-state index contributed by atoms with van der Waals surface area (Å²) in [6, 6.07) is 11.5. The molecule has 0 fully saturated rings. The smallest absolute Gasteiger partial charge is 0.141 e. The molecule has 0 amide bonds. The standard InChI is InChI=1S/C15H19N3O.BrH/c1-3-4-11-18-15(16)10-9-14(17-18)12-5-7-13(19-2)8-6-12;/h5-10,16H,3-4,11H2,1-2H3;1H. The van der Waals surface area contributed by atoms with Gasteiger partial charge in [0.15, 0.2) is 0 Å². The van der Waals surface area contributed by atoms with Gasteiger partial charge in [-0.1, -0.05) is 13.3 Å². The van der Waals surface area contributed by atoms with Crippen LogP contribution in [0.2, 0.25) is 0 Å². The van der Waals surface area contributed by atoms with Gasteiger partial charge in [-0.3, -0.25) is 5.41 Å². The number of nitrogens with one attached hydrogen (secondary N) is 1. The predicted octanol–water partition coefficient (Wildman–Crippen LogP) is 3.42. The summed E-state index contributed by atoms with van der Waals surface area (Å²) in [5.74, 6) is 0.833. The average Bonchev–Trinajstić information content (AvgIpc) is 2.46. The Morgan fingerprint density at radius 1 is 1.15 bits per heavy atom. The van der Waals surface area contributed by atoms with Gasteiger partial charge in [-0.15, -0.1) is 17.0 Å². The maximum absolute atomic E-state index is 7.85. The maximum Gasteiger partial charge on any atom is 0.141 e. The van der Waals surface area contributed by atoms with Gasteiger partial charge >= 0.3 is 0 Å². The number of rotatable bonds is 5. The Kier molecular flexibility index (Phi) is 6.45. The van der Waals surface area contributed by atoms with Crippen LogP contribution in [-0.2, 0) is 6.54 Å². The Hall–Kier alpha value is -1.62. The molecule has 0 spiro atoms. The maximum atomic E-state index is 7.85. The van der Waals surface area contributed by atoms with Gasteiger partial charge < -0.3 is 4.74 Å². The van der Waals surface area contributed by atoms with Gasteiger partial charge in [0.1, 0.15) is 11.2 Å². The molecule has 108 valence electrons. The fraction of sp³-hybridized carbons (Fsp3) is 0.333. The lowest BCUT2D eigenvalue weighted by Gasteiger charge is -2.08. The van der Waals surface area contributed by atoms with E-state index < -0.39 is 0 Å². The van der Waals surface area contributed by atoms with Gasteiger partial charge in [-0.25, -0.2) is 4.68 Å². The average molecular weight is 338 g/mol. The Morgan fingerprint density at radius 2 is 1.85 bits per heavy atom. The van der Waals surface area contributed by atoms with Crippen LogP contribution in [0.3, 0.4) is 0 Å². The highest BCUT2D eigenvalue weighted by molar-refractivity contribution is 8.93. The van der Waals surface area contributed by atoms with Crippen molar-refractivity contribution in [3.8, 4) is 17.0 Å². The molecule has 0 unspecified atom stereocenters. The number of aryl methyl sites for hydroxylation is 1. The first-order valence-electron chi connectivity index (χ1n) is 6.51. The zero-order chi connectivity index (χ0) is 13.7. The molecule has 1 aromatic carbocycles. The van der Waals surface area contributed by atoms with E-state index in [1.54, 1.807) is 17.9 Å². The summed E-state index contributed by atoms with van der Waals surface area (Å²) >= 11 is 0. The second kappa shape index (κ2) is 7.85. The van der Waals surface area contributed by atoms with E-state index in [1.165, 1.54) is 0 Å². The highest BCUT2D eigenvalue weighted by atomic mass is 79.9. The number of unbranched alkanes of at least 4 members (excludes halogenated alkanes) is 1. The third kappa shape index (κ3) is 3.93. The number of hydrogen-bond donors (Lipinski definition) is 1. The fourth-order valence-corrected chi connectivity index (χ4v) is 1.86. The molecule has 20 heavy (non-hydrogen) atoms. The van der Waals surface area contributed by atoms with E-state index in [4.69, 9.17) is 10.1 Å². The Labute approximate surface area is 129 Å². The first-order chi connectivity index (χ1) is 9.24. The van der Waals surface area contributed by atoms with Crippen molar-refractivity contribution in [3.63, 3.8) is 0 Å². The number of ether oxygens (including phenoxy) is 1. The summed E-state index contributed by atoms with van der Waals surface area (Å²) in [6.07, 6.45) is 2.14. The van der Waals surface area contributed by atoms with E-state index in [0.29, 0.717) is 5.49 Å². The normalized spacial score (nSPS) is 9.90. The lowest BCUT2D eigenvalue weighted by atomic mass is 10.1. The van der Waals surface area contributed by atoms with Crippen molar-refractivity contribution in [2.75, 3.05) is 7.11 Å². The monoisotopic (exact) mass is 337 g/mol. The summed E-state index contributed by atoms with van der Waals surface area (Å²) in [4.78, 5) is 0. The number of nitrogens with zero attached hydrogens (tertiary/aromatic N) is 2.